The minimum Gasteiger partial charge on any atom is -0.456 e. The molecular weight excluding hydrogens is 429 g/mol. The molecule has 1 aromatic heterocycles. The van der Waals surface area contributed by atoms with Gasteiger partial charge in [-0.05, 0) is 40.6 Å². The van der Waals surface area contributed by atoms with Crippen LogP contribution in [0, 0.1) is 0 Å². The highest BCUT2D eigenvalue weighted by Crippen LogP contribution is 2.41. The lowest BCUT2D eigenvalue weighted by molar-refractivity contribution is -0.0499. The Labute approximate surface area is 174 Å². The predicted molar refractivity (Wildman–Crippen MR) is 112 cm³/mol. The third-order valence-electron chi connectivity index (χ3n) is 5.04. The Morgan fingerprint density at radius 1 is 0.742 bits per heavy atom. The predicted octanol–water partition coefficient (Wildman–Crippen LogP) is 6.63. The van der Waals surface area contributed by atoms with Gasteiger partial charge < -0.3 is 8.60 Å². The summed E-state index contributed by atoms with van der Waals surface area (Å²) in [6.45, 7) is 0. The first-order valence-corrected chi connectivity index (χ1v) is 10.6. The van der Waals surface area contributed by atoms with E-state index in [4.69, 9.17) is 4.42 Å². The fourth-order valence-electron chi connectivity index (χ4n) is 3.67. The molecule has 0 atom stereocenters. The second-order valence-corrected chi connectivity index (χ2v) is 8.49. The summed E-state index contributed by atoms with van der Waals surface area (Å²) in [4.78, 5) is 0. The number of hydrogen-bond donors (Lipinski definition) is 0. The summed E-state index contributed by atoms with van der Waals surface area (Å²) in [5.41, 5.74) is -3.65. The normalized spacial score (nSPS) is 12.6. The van der Waals surface area contributed by atoms with Crippen LogP contribution in [-0.2, 0) is 10.1 Å². The third kappa shape index (κ3) is 3.19. The molecule has 156 valence electrons. The van der Waals surface area contributed by atoms with Crippen LogP contribution in [0.5, 0.6) is 5.75 Å². The molecule has 4 nitrogen and oxygen atoms in total. The summed E-state index contributed by atoms with van der Waals surface area (Å²) in [7, 11) is -5.84. The largest absolute Gasteiger partial charge is 0.534 e. The van der Waals surface area contributed by atoms with Gasteiger partial charge in [-0.1, -0.05) is 54.6 Å². The number of halogens is 3. The third-order valence-corrected chi connectivity index (χ3v) is 6.01. The zero-order valence-electron chi connectivity index (χ0n) is 15.7. The van der Waals surface area contributed by atoms with Crippen LogP contribution in [0.4, 0.5) is 13.2 Å². The number of hydrogen-bond acceptors (Lipinski definition) is 4. The number of alkyl halides is 3. The summed E-state index contributed by atoms with van der Waals surface area (Å²) in [5.74, 6) is -0.411. The number of furan rings is 1. The molecule has 0 N–H and O–H groups in total. The van der Waals surface area contributed by atoms with Crippen LogP contribution in [0.1, 0.15) is 0 Å². The van der Waals surface area contributed by atoms with E-state index < -0.39 is 21.4 Å². The van der Waals surface area contributed by atoms with E-state index in [9.17, 15) is 21.6 Å². The van der Waals surface area contributed by atoms with Crippen molar-refractivity contribution in [3.05, 3.63) is 78.9 Å². The van der Waals surface area contributed by atoms with Crippen LogP contribution < -0.4 is 4.18 Å². The molecule has 0 bridgehead atoms. The van der Waals surface area contributed by atoms with E-state index in [1.165, 1.54) is 12.1 Å². The number of rotatable bonds is 3. The van der Waals surface area contributed by atoms with Crippen molar-refractivity contribution in [2.45, 2.75) is 5.51 Å². The minimum atomic E-state index is -5.84. The van der Waals surface area contributed by atoms with Crippen LogP contribution >= 0.6 is 0 Å². The minimum absolute atomic E-state index is 0.230. The smallest absolute Gasteiger partial charge is 0.456 e. The van der Waals surface area contributed by atoms with Crippen molar-refractivity contribution in [1.82, 2.24) is 0 Å². The van der Waals surface area contributed by atoms with Gasteiger partial charge in [0.2, 0.25) is 0 Å². The average molecular weight is 442 g/mol. The van der Waals surface area contributed by atoms with E-state index in [2.05, 4.69) is 4.18 Å². The summed E-state index contributed by atoms with van der Waals surface area (Å²) in [6, 6.07) is 22.3. The monoisotopic (exact) mass is 442 g/mol. The zero-order valence-corrected chi connectivity index (χ0v) is 16.5. The molecule has 5 aromatic rings. The van der Waals surface area contributed by atoms with E-state index >= 15 is 0 Å². The van der Waals surface area contributed by atoms with Crippen molar-refractivity contribution in [2.75, 3.05) is 0 Å². The lowest BCUT2D eigenvalue weighted by atomic mass is 9.96. The first-order valence-electron chi connectivity index (χ1n) is 9.19. The molecule has 0 spiro atoms. The van der Waals surface area contributed by atoms with Crippen LogP contribution in [-0.4, -0.2) is 13.9 Å². The lowest BCUT2D eigenvalue weighted by Crippen LogP contribution is -2.28. The molecule has 8 heteroatoms. The average Bonchev–Trinajstić information content (AvgIpc) is 3.10. The van der Waals surface area contributed by atoms with Gasteiger partial charge in [0.1, 0.15) is 11.2 Å². The molecule has 0 aliphatic heterocycles. The topological polar surface area (TPSA) is 56.5 Å². The van der Waals surface area contributed by atoms with Gasteiger partial charge in [0.05, 0.1) is 0 Å². The molecule has 31 heavy (non-hydrogen) atoms. The lowest BCUT2D eigenvalue weighted by Gasteiger charge is -2.15. The standard InChI is InChI=1S/C23H13F3O4S/c24-23(25,26)31(27,28)30-20-12-10-14-5-1-2-6-16(14)22(20)15-9-11-18-17-7-3-4-8-19(17)29-21(18)13-15/h1-13H. The maximum absolute atomic E-state index is 13.0. The van der Waals surface area contributed by atoms with E-state index in [1.807, 2.05) is 24.3 Å². The Morgan fingerprint density at radius 3 is 2.19 bits per heavy atom. The molecule has 0 aliphatic rings. The summed E-state index contributed by atoms with van der Waals surface area (Å²) < 4.78 is 72.7. The van der Waals surface area contributed by atoms with Gasteiger partial charge in [-0.15, -0.1) is 0 Å². The van der Waals surface area contributed by atoms with Gasteiger partial charge in [-0.2, -0.15) is 21.6 Å². The molecule has 0 aliphatic carbocycles. The second kappa shape index (κ2) is 6.75. The van der Waals surface area contributed by atoms with Gasteiger partial charge >= 0.3 is 15.6 Å². The van der Waals surface area contributed by atoms with Crippen molar-refractivity contribution in [3.63, 3.8) is 0 Å². The van der Waals surface area contributed by atoms with Crippen LogP contribution in [0.25, 0.3) is 43.8 Å². The molecule has 5 rings (SSSR count). The number of fused-ring (bicyclic) bond motifs is 4. The first kappa shape index (κ1) is 19.4. The second-order valence-electron chi connectivity index (χ2n) is 6.95. The maximum atomic E-state index is 13.0. The van der Waals surface area contributed by atoms with Crippen LogP contribution in [0.3, 0.4) is 0 Å². The van der Waals surface area contributed by atoms with Gasteiger partial charge in [-0.3, -0.25) is 0 Å². The Morgan fingerprint density at radius 2 is 1.42 bits per heavy atom. The fraction of sp³-hybridized carbons (Fsp3) is 0.0435. The highest BCUT2D eigenvalue weighted by atomic mass is 32.2. The van der Waals surface area contributed by atoms with E-state index in [1.54, 1.807) is 42.5 Å². The molecular formula is C23H13F3O4S. The van der Waals surface area contributed by atoms with Crippen LogP contribution in [0.15, 0.2) is 83.3 Å². The molecule has 4 aromatic carbocycles. The van der Waals surface area contributed by atoms with Gasteiger partial charge in [0, 0.05) is 16.3 Å². The van der Waals surface area contributed by atoms with Crippen molar-refractivity contribution in [3.8, 4) is 16.9 Å². The van der Waals surface area contributed by atoms with Crippen molar-refractivity contribution < 1.29 is 30.2 Å². The van der Waals surface area contributed by atoms with Crippen LogP contribution in [0.2, 0.25) is 0 Å². The summed E-state index contributed by atoms with van der Waals surface area (Å²) in [6.07, 6.45) is 0. The Hall–Kier alpha value is -3.52. The van der Waals surface area contributed by atoms with E-state index in [0.717, 1.165) is 16.2 Å². The zero-order chi connectivity index (χ0) is 21.8. The van der Waals surface area contributed by atoms with Crippen molar-refractivity contribution in [1.29, 1.82) is 0 Å². The maximum Gasteiger partial charge on any atom is 0.534 e. The van der Waals surface area contributed by atoms with Gasteiger partial charge in [-0.25, -0.2) is 0 Å². The first-order chi connectivity index (χ1) is 14.7. The Bertz CT molecular complexity index is 1570. The van der Waals surface area contributed by atoms with E-state index in [0.29, 0.717) is 22.1 Å². The summed E-state index contributed by atoms with van der Waals surface area (Å²) in [5, 5.41) is 3.01. The van der Waals surface area contributed by atoms with Crippen molar-refractivity contribution in [2.24, 2.45) is 0 Å². The molecule has 1 heterocycles. The Kier molecular flexibility index (Phi) is 4.23. The molecule has 0 radical (unpaired) electrons. The SMILES string of the molecule is O=S(=O)(Oc1ccc2ccccc2c1-c1ccc2c(c1)oc1ccccc12)C(F)(F)F. The molecule has 0 saturated heterocycles. The quantitative estimate of drug-likeness (QED) is 0.232. The highest BCUT2D eigenvalue weighted by Gasteiger charge is 2.48. The molecule has 0 saturated carbocycles. The van der Waals surface area contributed by atoms with E-state index in [-0.39, 0.29) is 5.56 Å². The molecule has 0 amide bonds. The Balaban J connectivity index is 1.77. The molecule has 0 fully saturated rings. The molecule has 0 unspecified atom stereocenters. The van der Waals surface area contributed by atoms with Crippen molar-refractivity contribution >= 4 is 42.8 Å². The fourth-order valence-corrected chi connectivity index (χ4v) is 4.14. The van der Waals surface area contributed by atoms with Gasteiger partial charge in [0.15, 0.2) is 5.75 Å². The van der Waals surface area contributed by atoms with Gasteiger partial charge in [0.25, 0.3) is 0 Å². The number of benzene rings is 4. The highest BCUT2D eigenvalue weighted by molar-refractivity contribution is 7.88. The summed E-state index contributed by atoms with van der Waals surface area (Å²) >= 11 is 0. The number of para-hydroxylation sites is 1.